The lowest BCUT2D eigenvalue weighted by Crippen LogP contribution is -2.34. The molecule has 80 valence electrons. The average molecular weight is 261 g/mol. The van der Waals surface area contributed by atoms with Crippen LogP contribution in [0.2, 0.25) is 0 Å². The normalized spacial score (nSPS) is 13.5. The van der Waals surface area contributed by atoms with Crippen molar-refractivity contribution in [2.75, 3.05) is 5.33 Å². The topological polar surface area (TPSA) is 42.7 Å². The molecular formula is C9H17BrN4. The third-order valence-corrected chi connectivity index (χ3v) is 2.86. The first-order valence-corrected chi connectivity index (χ1v) is 5.90. The summed E-state index contributed by atoms with van der Waals surface area (Å²) in [5, 5.41) is 12.3. The summed E-state index contributed by atoms with van der Waals surface area (Å²) in [6.07, 6.45) is 1.93. The van der Waals surface area contributed by atoms with Gasteiger partial charge in [-0.05, 0) is 5.92 Å². The Morgan fingerprint density at radius 2 is 2.29 bits per heavy atom. The number of aryl methyl sites for hydroxylation is 1. The van der Waals surface area contributed by atoms with Gasteiger partial charge in [0.2, 0.25) is 0 Å². The molecule has 1 aromatic rings. The lowest BCUT2D eigenvalue weighted by atomic mass is 10.1. The molecule has 0 amide bonds. The zero-order valence-electron chi connectivity index (χ0n) is 8.87. The van der Waals surface area contributed by atoms with E-state index in [1.807, 2.05) is 13.2 Å². The summed E-state index contributed by atoms with van der Waals surface area (Å²) in [5.74, 6) is 0.617. The van der Waals surface area contributed by atoms with Crippen molar-refractivity contribution >= 4 is 15.9 Å². The number of rotatable bonds is 5. The predicted molar refractivity (Wildman–Crippen MR) is 60.3 cm³/mol. The van der Waals surface area contributed by atoms with E-state index in [2.05, 4.69) is 45.4 Å². The van der Waals surface area contributed by atoms with Crippen LogP contribution in [-0.2, 0) is 13.6 Å². The molecule has 4 nitrogen and oxygen atoms in total. The molecule has 5 heteroatoms. The second kappa shape index (κ2) is 5.46. The summed E-state index contributed by atoms with van der Waals surface area (Å²) in [4.78, 5) is 0. The molecule has 0 aromatic carbocycles. The molecule has 0 saturated heterocycles. The highest BCUT2D eigenvalue weighted by Crippen LogP contribution is 2.05. The monoisotopic (exact) mass is 260 g/mol. The lowest BCUT2D eigenvalue weighted by molar-refractivity contribution is 0.431. The van der Waals surface area contributed by atoms with Crippen LogP contribution in [0.5, 0.6) is 0 Å². The van der Waals surface area contributed by atoms with Gasteiger partial charge in [-0.25, -0.2) is 0 Å². The van der Waals surface area contributed by atoms with E-state index >= 15 is 0 Å². The SMILES string of the molecule is CC(C)C(CBr)NCc1cn(C)nn1. The number of nitrogens with one attached hydrogen (secondary N) is 1. The summed E-state index contributed by atoms with van der Waals surface area (Å²) >= 11 is 3.49. The molecule has 1 N–H and O–H groups in total. The van der Waals surface area contributed by atoms with Gasteiger partial charge in [0, 0.05) is 31.2 Å². The molecule has 1 rings (SSSR count). The van der Waals surface area contributed by atoms with E-state index in [9.17, 15) is 0 Å². The number of alkyl halides is 1. The minimum atomic E-state index is 0.483. The molecule has 0 bridgehead atoms. The minimum Gasteiger partial charge on any atom is -0.307 e. The molecule has 0 aliphatic heterocycles. The highest BCUT2D eigenvalue weighted by molar-refractivity contribution is 9.09. The zero-order chi connectivity index (χ0) is 10.6. The molecule has 0 fully saturated rings. The Labute approximate surface area is 93.2 Å². The van der Waals surface area contributed by atoms with Gasteiger partial charge in [-0.1, -0.05) is 35.0 Å². The van der Waals surface area contributed by atoms with E-state index in [1.165, 1.54) is 0 Å². The number of aromatic nitrogens is 3. The van der Waals surface area contributed by atoms with Gasteiger partial charge in [-0.2, -0.15) is 0 Å². The predicted octanol–water partition coefficient (Wildman–Crippen LogP) is 1.32. The van der Waals surface area contributed by atoms with Crippen LogP contribution in [0.4, 0.5) is 0 Å². The zero-order valence-corrected chi connectivity index (χ0v) is 10.5. The maximum atomic E-state index is 4.02. The van der Waals surface area contributed by atoms with Gasteiger partial charge >= 0.3 is 0 Å². The van der Waals surface area contributed by atoms with Crippen LogP contribution in [0.1, 0.15) is 19.5 Å². The van der Waals surface area contributed by atoms with Gasteiger partial charge in [0.05, 0.1) is 5.69 Å². The van der Waals surface area contributed by atoms with Crippen molar-refractivity contribution < 1.29 is 0 Å². The Bertz CT molecular complexity index is 272. The van der Waals surface area contributed by atoms with E-state index in [0.717, 1.165) is 17.6 Å². The molecule has 0 radical (unpaired) electrons. The molecule has 0 spiro atoms. The van der Waals surface area contributed by atoms with Crippen LogP contribution in [0.25, 0.3) is 0 Å². The Balaban J connectivity index is 2.39. The molecule has 1 heterocycles. The largest absolute Gasteiger partial charge is 0.307 e. The van der Waals surface area contributed by atoms with Crippen molar-refractivity contribution in [2.24, 2.45) is 13.0 Å². The summed E-state index contributed by atoms with van der Waals surface area (Å²) in [6.45, 7) is 5.19. The van der Waals surface area contributed by atoms with Crippen LogP contribution < -0.4 is 5.32 Å². The van der Waals surface area contributed by atoms with E-state index in [1.54, 1.807) is 4.68 Å². The third-order valence-electron chi connectivity index (χ3n) is 2.17. The molecule has 1 atom stereocenters. The number of nitrogens with zero attached hydrogens (tertiary/aromatic N) is 3. The summed E-state index contributed by atoms with van der Waals surface area (Å²) in [5.41, 5.74) is 0.985. The van der Waals surface area contributed by atoms with E-state index in [0.29, 0.717) is 12.0 Å². The maximum Gasteiger partial charge on any atom is 0.0964 e. The third kappa shape index (κ3) is 3.38. The summed E-state index contributed by atoms with van der Waals surface area (Å²) in [7, 11) is 1.88. The van der Waals surface area contributed by atoms with Crippen LogP contribution in [0, 0.1) is 5.92 Å². The fourth-order valence-corrected chi connectivity index (χ4v) is 2.16. The smallest absolute Gasteiger partial charge is 0.0964 e. The minimum absolute atomic E-state index is 0.483. The van der Waals surface area contributed by atoms with Crippen molar-refractivity contribution in [1.29, 1.82) is 0 Å². The first-order chi connectivity index (χ1) is 6.63. The second-order valence-corrected chi connectivity index (χ2v) is 4.42. The molecule has 0 saturated carbocycles. The van der Waals surface area contributed by atoms with Crippen molar-refractivity contribution in [3.05, 3.63) is 11.9 Å². The van der Waals surface area contributed by atoms with Gasteiger partial charge in [-0.3, -0.25) is 4.68 Å². The Morgan fingerprint density at radius 1 is 1.57 bits per heavy atom. The van der Waals surface area contributed by atoms with Crippen LogP contribution >= 0.6 is 15.9 Å². The molecular weight excluding hydrogens is 244 g/mol. The van der Waals surface area contributed by atoms with E-state index in [4.69, 9.17) is 0 Å². The number of hydrogen-bond acceptors (Lipinski definition) is 3. The maximum absolute atomic E-state index is 4.02. The van der Waals surface area contributed by atoms with Gasteiger partial charge in [0.15, 0.2) is 0 Å². The van der Waals surface area contributed by atoms with Crippen molar-refractivity contribution in [3.63, 3.8) is 0 Å². The van der Waals surface area contributed by atoms with Crippen LogP contribution in [-0.4, -0.2) is 26.4 Å². The summed E-state index contributed by atoms with van der Waals surface area (Å²) < 4.78 is 1.72. The van der Waals surface area contributed by atoms with E-state index < -0.39 is 0 Å². The van der Waals surface area contributed by atoms with Crippen LogP contribution in [0.3, 0.4) is 0 Å². The fraction of sp³-hybridized carbons (Fsp3) is 0.778. The number of hydrogen-bond donors (Lipinski definition) is 1. The first-order valence-electron chi connectivity index (χ1n) is 4.78. The van der Waals surface area contributed by atoms with Crippen molar-refractivity contribution in [3.8, 4) is 0 Å². The van der Waals surface area contributed by atoms with Crippen molar-refractivity contribution in [2.45, 2.75) is 26.4 Å². The van der Waals surface area contributed by atoms with Crippen molar-refractivity contribution in [1.82, 2.24) is 20.3 Å². The fourth-order valence-electron chi connectivity index (χ4n) is 1.18. The van der Waals surface area contributed by atoms with Gasteiger partial charge in [-0.15, -0.1) is 5.10 Å². The quantitative estimate of drug-likeness (QED) is 0.813. The Hall–Kier alpha value is -0.420. The lowest BCUT2D eigenvalue weighted by Gasteiger charge is -2.18. The highest BCUT2D eigenvalue weighted by Gasteiger charge is 2.11. The molecule has 0 aliphatic rings. The number of halogens is 1. The van der Waals surface area contributed by atoms with Gasteiger partial charge < -0.3 is 5.32 Å². The average Bonchev–Trinajstić information content (AvgIpc) is 2.52. The van der Waals surface area contributed by atoms with Gasteiger partial charge in [0.1, 0.15) is 0 Å². The van der Waals surface area contributed by atoms with E-state index in [-0.39, 0.29) is 0 Å². The highest BCUT2D eigenvalue weighted by atomic mass is 79.9. The standard InChI is InChI=1S/C9H17BrN4/c1-7(2)9(4-10)11-5-8-6-14(3)13-12-8/h6-7,9,11H,4-5H2,1-3H3. The molecule has 0 aliphatic carbocycles. The molecule has 1 unspecified atom stereocenters. The van der Waals surface area contributed by atoms with Crippen LogP contribution in [0.15, 0.2) is 6.20 Å². The first kappa shape index (κ1) is 11.7. The Morgan fingerprint density at radius 3 is 2.71 bits per heavy atom. The van der Waals surface area contributed by atoms with Gasteiger partial charge in [0.25, 0.3) is 0 Å². The molecule has 14 heavy (non-hydrogen) atoms. The molecule has 1 aromatic heterocycles. The second-order valence-electron chi connectivity index (χ2n) is 3.77. The summed E-state index contributed by atoms with van der Waals surface area (Å²) in [6, 6.07) is 0.483. The Kier molecular flexibility index (Phi) is 4.54.